The van der Waals surface area contributed by atoms with Crippen molar-refractivity contribution in [3.05, 3.63) is 68.9 Å². The van der Waals surface area contributed by atoms with Crippen molar-refractivity contribution in [1.82, 2.24) is 14.9 Å². The summed E-state index contributed by atoms with van der Waals surface area (Å²) in [4.78, 5) is 26.2. The van der Waals surface area contributed by atoms with E-state index in [1.165, 1.54) is 23.5 Å². The molecular weight excluding hydrogens is 457 g/mol. The Balaban J connectivity index is 1.28. The molecule has 0 aliphatic carbocycles. The molecular formula is C22H19F3N4OS2. The van der Waals surface area contributed by atoms with Gasteiger partial charge < -0.3 is 9.88 Å². The summed E-state index contributed by atoms with van der Waals surface area (Å²) < 4.78 is 39.0. The highest BCUT2D eigenvalue weighted by molar-refractivity contribution is 7.18. The maximum absolute atomic E-state index is 13.0. The number of piperazine rings is 1. The Hall–Kier alpha value is -2.69. The maximum Gasteiger partial charge on any atom is 0.416 e. The summed E-state index contributed by atoms with van der Waals surface area (Å²) in [5.74, 6) is 0.606. The zero-order valence-corrected chi connectivity index (χ0v) is 18.5. The van der Waals surface area contributed by atoms with Crippen LogP contribution in [0.1, 0.15) is 11.4 Å². The van der Waals surface area contributed by atoms with E-state index in [2.05, 4.69) is 14.9 Å². The number of thiophene rings is 2. The van der Waals surface area contributed by atoms with Crippen molar-refractivity contribution >= 4 is 38.6 Å². The minimum atomic E-state index is -4.35. The third-order valence-corrected chi connectivity index (χ3v) is 7.34. The molecule has 1 aromatic carbocycles. The van der Waals surface area contributed by atoms with Crippen molar-refractivity contribution in [3.8, 4) is 10.4 Å². The van der Waals surface area contributed by atoms with E-state index >= 15 is 0 Å². The van der Waals surface area contributed by atoms with Crippen LogP contribution in [0.15, 0.2) is 52.0 Å². The zero-order valence-electron chi connectivity index (χ0n) is 16.9. The Morgan fingerprint density at radius 2 is 1.88 bits per heavy atom. The van der Waals surface area contributed by atoms with Crippen molar-refractivity contribution in [2.75, 3.05) is 31.1 Å². The van der Waals surface area contributed by atoms with Crippen LogP contribution in [0.2, 0.25) is 0 Å². The molecule has 0 bridgehead atoms. The van der Waals surface area contributed by atoms with Crippen LogP contribution in [-0.4, -0.2) is 41.0 Å². The first kappa shape index (κ1) is 21.2. The predicted molar refractivity (Wildman–Crippen MR) is 122 cm³/mol. The van der Waals surface area contributed by atoms with E-state index in [1.54, 1.807) is 17.4 Å². The highest BCUT2D eigenvalue weighted by Gasteiger charge is 2.31. The number of alkyl halides is 3. The molecule has 0 spiro atoms. The van der Waals surface area contributed by atoms with Crippen molar-refractivity contribution in [1.29, 1.82) is 0 Å². The molecule has 166 valence electrons. The fourth-order valence-electron chi connectivity index (χ4n) is 3.94. The van der Waals surface area contributed by atoms with Gasteiger partial charge in [0.1, 0.15) is 10.7 Å². The first-order valence-electron chi connectivity index (χ1n) is 10.1. The number of rotatable bonds is 4. The number of benzene rings is 1. The number of nitrogens with one attached hydrogen (secondary N) is 1. The van der Waals surface area contributed by atoms with Gasteiger partial charge in [0.05, 0.1) is 17.5 Å². The van der Waals surface area contributed by atoms with E-state index in [0.29, 0.717) is 49.6 Å². The molecule has 1 aliphatic heterocycles. The van der Waals surface area contributed by atoms with Gasteiger partial charge in [-0.25, -0.2) is 4.98 Å². The molecule has 1 aliphatic rings. The molecule has 0 atom stereocenters. The highest BCUT2D eigenvalue weighted by atomic mass is 32.1. The molecule has 5 rings (SSSR count). The molecule has 4 aromatic rings. The average molecular weight is 477 g/mol. The number of aromatic nitrogens is 2. The number of anilines is 1. The first-order chi connectivity index (χ1) is 15.4. The number of aromatic amines is 1. The van der Waals surface area contributed by atoms with Gasteiger partial charge in [-0.2, -0.15) is 13.2 Å². The van der Waals surface area contributed by atoms with Gasteiger partial charge in [-0.3, -0.25) is 9.69 Å². The van der Waals surface area contributed by atoms with Crippen molar-refractivity contribution in [2.24, 2.45) is 0 Å². The molecule has 1 N–H and O–H groups in total. The summed E-state index contributed by atoms with van der Waals surface area (Å²) in [6, 6.07) is 9.39. The molecule has 1 fully saturated rings. The normalized spacial score (nSPS) is 15.5. The lowest BCUT2D eigenvalue weighted by molar-refractivity contribution is -0.137. The zero-order chi connectivity index (χ0) is 22.3. The lowest BCUT2D eigenvalue weighted by atomic mass is 10.1. The van der Waals surface area contributed by atoms with E-state index in [9.17, 15) is 18.0 Å². The van der Waals surface area contributed by atoms with E-state index in [-0.39, 0.29) is 5.56 Å². The quantitative estimate of drug-likeness (QED) is 0.448. The van der Waals surface area contributed by atoms with Crippen LogP contribution >= 0.6 is 22.7 Å². The highest BCUT2D eigenvalue weighted by Crippen LogP contribution is 2.34. The summed E-state index contributed by atoms with van der Waals surface area (Å²) >= 11 is 3.05. The number of nitrogens with zero attached hydrogens (tertiary/aromatic N) is 3. The summed E-state index contributed by atoms with van der Waals surface area (Å²) in [5, 5.41) is 4.57. The van der Waals surface area contributed by atoms with Crippen LogP contribution < -0.4 is 10.5 Å². The van der Waals surface area contributed by atoms with Gasteiger partial charge in [0, 0.05) is 47.7 Å². The fraction of sp³-hybridized carbons (Fsp3) is 0.273. The van der Waals surface area contributed by atoms with Crippen LogP contribution in [0.25, 0.3) is 20.7 Å². The standard InChI is InChI=1S/C22H19F3N4OS2/c23-22(24,25)14-3-1-4-15(11-14)29-8-6-28(7-9-29)12-18-26-20(30)19-16(13-32-21(19)27-18)17-5-2-10-31-17/h1-5,10-11,13H,6-9,12H2,(H,26,27,30). The lowest BCUT2D eigenvalue weighted by Gasteiger charge is -2.36. The van der Waals surface area contributed by atoms with Crippen LogP contribution in [0.5, 0.6) is 0 Å². The molecule has 0 unspecified atom stereocenters. The Morgan fingerprint density at radius 1 is 1.06 bits per heavy atom. The van der Waals surface area contributed by atoms with E-state index in [0.717, 1.165) is 21.3 Å². The van der Waals surface area contributed by atoms with Crippen molar-refractivity contribution < 1.29 is 13.2 Å². The summed E-state index contributed by atoms with van der Waals surface area (Å²) in [6.45, 7) is 3.05. The Kier molecular flexibility index (Phi) is 5.52. The number of H-pyrrole nitrogens is 1. The van der Waals surface area contributed by atoms with Gasteiger partial charge in [-0.15, -0.1) is 22.7 Å². The van der Waals surface area contributed by atoms with Crippen LogP contribution in [0.3, 0.4) is 0 Å². The minimum absolute atomic E-state index is 0.141. The number of hydrogen-bond donors (Lipinski definition) is 1. The van der Waals surface area contributed by atoms with Gasteiger partial charge in [-0.1, -0.05) is 12.1 Å². The molecule has 5 nitrogen and oxygen atoms in total. The molecule has 0 amide bonds. The molecule has 3 aromatic heterocycles. The second-order valence-electron chi connectivity index (χ2n) is 7.63. The summed E-state index contributed by atoms with van der Waals surface area (Å²) in [6.07, 6.45) is -4.35. The van der Waals surface area contributed by atoms with Gasteiger partial charge in [0.15, 0.2) is 0 Å². The Labute approximate surface area is 189 Å². The lowest BCUT2D eigenvalue weighted by Crippen LogP contribution is -2.46. The van der Waals surface area contributed by atoms with Crippen LogP contribution in [0.4, 0.5) is 18.9 Å². The first-order valence-corrected chi connectivity index (χ1v) is 11.8. The van der Waals surface area contributed by atoms with Crippen LogP contribution in [0, 0.1) is 0 Å². The number of fused-ring (bicyclic) bond motifs is 1. The molecule has 0 radical (unpaired) electrons. The SMILES string of the molecule is O=c1[nH]c(CN2CCN(c3cccc(C(F)(F)F)c3)CC2)nc2scc(-c3cccs3)c12. The van der Waals surface area contributed by atoms with Crippen molar-refractivity contribution in [3.63, 3.8) is 0 Å². The number of hydrogen-bond acceptors (Lipinski definition) is 6. The number of halogens is 3. The van der Waals surface area contributed by atoms with E-state index < -0.39 is 11.7 Å². The van der Waals surface area contributed by atoms with E-state index in [4.69, 9.17) is 0 Å². The summed E-state index contributed by atoms with van der Waals surface area (Å²) in [7, 11) is 0. The second-order valence-corrected chi connectivity index (χ2v) is 9.44. The predicted octanol–water partition coefficient (Wildman–Crippen LogP) is 5.05. The van der Waals surface area contributed by atoms with Gasteiger partial charge in [0.25, 0.3) is 5.56 Å². The Bertz CT molecular complexity index is 1290. The second kappa shape index (κ2) is 8.34. The molecule has 1 saturated heterocycles. The fourth-order valence-corrected chi connectivity index (χ4v) is 5.72. The maximum atomic E-state index is 13.0. The van der Waals surface area contributed by atoms with E-state index in [1.807, 2.05) is 27.8 Å². The molecule has 10 heteroatoms. The third-order valence-electron chi connectivity index (χ3n) is 5.56. The third kappa shape index (κ3) is 4.17. The van der Waals surface area contributed by atoms with Crippen LogP contribution in [-0.2, 0) is 12.7 Å². The van der Waals surface area contributed by atoms with Gasteiger partial charge >= 0.3 is 6.18 Å². The topological polar surface area (TPSA) is 52.2 Å². The largest absolute Gasteiger partial charge is 0.416 e. The summed E-state index contributed by atoms with van der Waals surface area (Å²) in [5.41, 5.74) is 0.713. The van der Waals surface area contributed by atoms with Gasteiger partial charge in [-0.05, 0) is 29.6 Å². The molecule has 32 heavy (non-hydrogen) atoms. The average Bonchev–Trinajstić information content (AvgIpc) is 3.44. The van der Waals surface area contributed by atoms with Gasteiger partial charge in [0.2, 0.25) is 0 Å². The minimum Gasteiger partial charge on any atom is -0.369 e. The molecule has 4 heterocycles. The Morgan fingerprint density at radius 3 is 2.59 bits per heavy atom. The monoisotopic (exact) mass is 476 g/mol. The van der Waals surface area contributed by atoms with Crippen molar-refractivity contribution in [2.45, 2.75) is 12.7 Å². The smallest absolute Gasteiger partial charge is 0.369 e. The molecule has 0 saturated carbocycles.